The molecule has 0 radical (unpaired) electrons. The number of nitrogens with one attached hydrogen (secondary N) is 1. The van der Waals surface area contributed by atoms with Gasteiger partial charge in [0, 0.05) is 11.3 Å². The van der Waals surface area contributed by atoms with Gasteiger partial charge >= 0.3 is 0 Å². The molecule has 0 aliphatic heterocycles. The average Bonchev–Trinajstić information content (AvgIpc) is 2.71. The maximum Gasteiger partial charge on any atom is 0.265 e. The first kappa shape index (κ1) is 20.3. The van der Waals surface area contributed by atoms with Crippen molar-refractivity contribution in [2.75, 3.05) is 26.1 Å². The summed E-state index contributed by atoms with van der Waals surface area (Å²) in [6.45, 7) is 3.97. The van der Waals surface area contributed by atoms with Crippen molar-refractivity contribution in [1.29, 1.82) is 0 Å². The molecular weight excluding hydrogens is 344 g/mol. The maximum absolute atomic E-state index is 12.2. The third-order valence-electron chi connectivity index (χ3n) is 4.14. The number of carbonyl (C=O) groups is 1. The molecule has 0 saturated heterocycles. The number of oxime groups is 1. The predicted octanol–water partition coefficient (Wildman–Crippen LogP) is 3.82. The van der Waals surface area contributed by atoms with E-state index >= 15 is 0 Å². The fraction of sp³-hybridized carbons (Fsp3) is 0.333. The van der Waals surface area contributed by atoms with Crippen LogP contribution in [-0.2, 0) is 22.5 Å². The molecule has 0 aliphatic rings. The molecule has 2 aromatic carbocycles. The summed E-state index contributed by atoms with van der Waals surface area (Å²) in [4.78, 5) is 17.3. The largest absolute Gasteiger partial charge is 0.493 e. The summed E-state index contributed by atoms with van der Waals surface area (Å²) in [5, 5.41) is 6.80. The van der Waals surface area contributed by atoms with E-state index in [2.05, 4.69) is 24.3 Å². The molecule has 0 fully saturated rings. The molecule has 0 heterocycles. The van der Waals surface area contributed by atoms with Crippen molar-refractivity contribution in [2.24, 2.45) is 5.16 Å². The molecule has 144 valence electrons. The highest BCUT2D eigenvalue weighted by Crippen LogP contribution is 2.27. The first-order valence-corrected chi connectivity index (χ1v) is 8.90. The zero-order valence-electron chi connectivity index (χ0n) is 16.2. The topological polar surface area (TPSA) is 69.2 Å². The summed E-state index contributed by atoms with van der Waals surface area (Å²) in [5.41, 5.74) is 3.87. The molecule has 6 heteroatoms. The lowest BCUT2D eigenvalue weighted by Gasteiger charge is -2.13. The second-order valence-electron chi connectivity index (χ2n) is 5.83. The number of nitrogens with zero attached hydrogens (tertiary/aromatic N) is 1. The van der Waals surface area contributed by atoms with Crippen molar-refractivity contribution >= 4 is 17.8 Å². The van der Waals surface area contributed by atoms with Crippen LogP contribution in [0.15, 0.2) is 41.6 Å². The van der Waals surface area contributed by atoms with E-state index in [1.54, 1.807) is 26.4 Å². The van der Waals surface area contributed by atoms with E-state index in [1.165, 1.54) is 6.21 Å². The lowest BCUT2D eigenvalue weighted by atomic mass is 10.0. The van der Waals surface area contributed by atoms with Gasteiger partial charge < -0.3 is 19.6 Å². The molecule has 2 aromatic rings. The van der Waals surface area contributed by atoms with E-state index < -0.39 is 0 Å². The van der Waals surface area contributed by atoms with Crippen LogP contribution in [0.5, 0.6) is 11.5 Å². The van der Waals surface area contributed by atoms with Crippen LogP contribution < -0.4 is 14.8 Å². The van der Waals surface area contributed by atoms with Crippen LogP contribution in [0.25, 0.3) is 0 Å². The highest BCUT2D eigenvalue weighted by atomic mass is 16.6. The summed E-state index contributed by atoms with van der Waals surface area (Å²) in [6.07, 6.45) is 3.22. The van der Waals surface area contributed by atoms with Crippen molar-refractivity contribution in [3.63, 3.8) is 0 Å². The van der Waals surface area contributed by atoms with Crippen molar-refractivity contribution in [1.82, 2.24) is 0 Å². The Morgan fingerprint density at radius 1 is 1.04 bits per heavy atom. The highest BCUT2D eigenvalue weighted by Gasteiger charge is 2.10. The van der Waals surface area contributed by atoms with Crippen molar-refractivity contribution in [3.05, 3.63) is 53.1 Å². The molecule has 0 atom stereocenters. The number of ether oxygens (including phenoxy) is 2. The Bertz CT molecular complexity index is 781. The molecule has 1 N–H and O–H groups in total. The number of anilines is 1. The molecule has 0 aromatic heterocycles. The average molecular weight is 370 g/mol. The number of rotatable bonds is 9. The fourth-order valence-corrected chi connectivity index (χ4v) is 2.71. The zero-order valence-corrected chi connectivity index (χ0v) is 16.2. The van der Waals surface area contributed by atoms with E-state index in [0.29, 0.717) is 11.5 Å². The third kappa shape index (κ3) is 5.48. The van der Waals surface area contributed by atoms with Gasteiger partial charge in [0.1, 0.15) is 0 Å². The molecular formula is C21H26N2O4. The van der Waals surface area contributed by atoms with Crippen LogP contribution in [0.2, 0.25) is 0 Å². The lowest BCUT2D eigenvalue weighted by molar-refractivity contribution is -0.120. The number of para-hydroxylation sites is 1. The van der Waals surface area contributed by atoms with Gasteiger partial charge in [-0.25, -0.2) is 0 Å². The van der Waals surface area contributed by atoms with Crippen molar-refractivity contribution in [3.8, 4) is 11.5 Å². The Hall–Kier alpha value is -3.02. The van der Waals surface area contributed by atoms with Gasteiger partial charge in [-0.3, -0.25) is 4.79 Å². The summed E-state index contributed by atoms with van der Waals surface area (Å²) in [6, 6.07) is 11.4. The number of aryl methyl sites for hydroxylation is 2. The minimum atomic E-state index is -0.241. The normalized spacial score (nSPS) is 10.7. The first-order chi connectivity index (χ1) is 13.1. The number of hydrogen-bond donors (Lipinski definition) is 1. The van der Waals surface area contributed by atoms with Gasteiger partial charge in [-0.15, -0.1) is 0 Å². The number of amides is 1. The van der Waals surface area contributed by atoms with Gasteiger partial charge in [-0.2, -0.15) is 0 Å². The minimum absolute atomic E-state index is 0.162. The molecule has 0 spiro atoms. The molecule has 1 amide bonds. The van der Waals surface area contributed by atoms with Crippen LogP contribution in [-0.4, -0.2) is 32.9 Å². The Labute approximate surface area is 160 Å². The molecule has 27 heavy (non-hydrogen) atoms. The van der Waals surface area contributed by atoms with Crippen LogP contribution in [0.4, 0.5) is 5.69 Å². The van der Waals surface area contributed by atoms with E-state index in [1.807, 2.05) is 24.3 Å². The SMILES string of the molecule is CCc1cccc(CC)c1NC(=O)CO/N=C\c1ccc(OC)c(OC)c1. The smallest absolute Gasteiger partial charge is 0.265 e. The lowest BCUT2D eigenvalue weighted by Crippen LogP contribution is -2.19. The molecule has 6 nitrogen and oxygen atoms in total. The molecule has 0 aliphatic carbocycles. The standard InChI is InChI=1S/C21H26N2O4/c1-5-16-8-7-9-17(6-2)21(16)23-20(24)14-27-22-13-15-10-11-18(25-3)19(12-15)26-4/h7-13H,5-6,14H2,1-4H3,(H,23,24)/b22-13-. The van der Waals surface area contributed by atoms with E-state index in [0.717, 1.165) is 35.2 Å². The van der Waals surface area contributed by atoms with Crippen LogP contribution in [0.1, 0.15) is 30.5 Å². The third-order valence-corrected chi connectivity index (χ3v) is 4.14. The predicted molar refractivity (Wildman–Crippen MR) is 107 cm³/mol. The zero-order chi connectivity index (χ0) is 19.6. The van der Waals surface area contributed by atoms with Gasteiger partial charge in [-0.1, -0.05) is 37.2 Å². The van der Waals surface area contributed by atoms with Crippen molar-refractivity contribution < 1.29 is 19.1 Å². The molecule has 0 unspecified atom stereocenters. The summed E-state index contributed by atoms with van der Waals surface area (Å²) in [7, 11) is 3.15. The Balaban J connectivity index is 1.94. The molecule has 0 saturated carbocycles. The number of carbonyl (C=O) groups excluding carboxylic acids is 1. The fourth-order valence-electron chi connectivity index (χ4n) is 2.71. The van der Waals surface area contributed by atoms with Crippen LogP contribution in [0.3, 0.4) is 0 Å². The monoisotopic (exact) mass is 370 g/mol. The van der Waals surface area contributed by atoms with Crippen LogP contribution in [0, 0.1) is 0 Å². The summed E-state index contributed by atoms with van der Waals surface area (Å²) < 4.78 is 10.4. The molecule has 2 rings (SSSR count). The van der Waals surface area contributed by atoms with Gasteiger partial charge in [0.15, 0.2) is 18.1 Å². The molecule has 0 bridgehead atoms. The van der Waals surface area contributed by atoms with E-state index in [9.17, 15) is 4.79 Å². The minimum Gasteiger partial charge on any atom is -0.493 e. The number of methoxy groups -OCH3 is 2. The highest BCUT2D eigenvalue weighted by molar-refractivity contribution is 5.93. The summed E-state index contributed by atoms with van der Waals surface area (Å²) >= 11 is 0. The number of benzene rings is 2. The van der Waals surface area contributed by atoms with E-state index in [-0.39, 0.29) is 12.5 Å². The second kappa shape index (κ2) is 10.2. The van der Waals surface area contributed by atoms with Gasteiger partial charge in [0.25, 0.3) is 5.91 Å². The quantitative estimate of drug-likeness (QED) is 0.538. The van der Waals surface area contributed by atoms with Gasteiger partial charge in [0.05, 0.1) is 20.4 Å². The second-order valence-corrected chi connectivity index (χ2v) is 5.83. The number of hydrogen-bond acceptors (Lipinski definition) is 5. The van der Waals surface area contributed by atoms with Gasteiger partial charge in [-0.05, 0) is 42.2 Å². The first-order valence-electron chi connectivity index (χ1n) is 8.90. The Morgan fingerprint density at radius 3 is 2.30 bits per heavy atom. The maximum atomic E-state index is 12.2. The van der Waals surface area contributed by atoms with Crippen molar-refractivity contribution in [2.45, 2.75) is 26.7 Å². The van der Waals surface area contributed by atoms with Gasteiger partial charge in [0.2, 0.25) is 0 Å². The Morgan fingerprint density at radius 2 is 1.70 bits per heavy atom. The Kier molecular flexibility index (Phi) is 7.67. The summed E-state index contributed by atoms with van der Waals surface area (Å²) in [5.74, 6) is 0.994. The van der Waals surface area contributed by atoms with E-state index in [4.69, 9.17) is 14.3 Å². The van der Waals surface area contributed by atoms with Crippen LogP contribution >= 0.6 is 0 Å².